The first-order valence-corrected chi connectivity index (χ1v) is 13.1. The van der Waals surface area contributed by atoms with Crippen LogP contribution in [0.5, 0.6) is 5.75 Å². The maximum Gasteiger partial charge on any atom is 0.119 e. The molecule has 1 saturated carbocycles. The van der Waals surface area contributed by atoms with E-state index in [2.05, 4.69) is 66.7 Å². The van der Waals surface area contributed by atoms with E-state index in [-0.39, 0.29) is 5.41 Å². The van der Waals surface area contributed by atoms with Crippen molar-refractivity contribution in [3.05, 3.63) is 40.5 Å². The minimum absolute atomic E-state index is 0.152. The van der Waals surface area contributed by atoms with E-state index in [1.807, 2.05) is 0 Å². The molecule has 0 spiro atoms. The fraction of sp³-hybridized carbons (Fsp3) is 0.733. The molecule has 0 aromatic heterocycles. The number of aliphatic hydroxyl groups is 1. The van der Waals surface area contributed by atoms with E-state index < -0.39 is 5.60 Å². The Morgan fingerprint density at radius 2 is 1.75 bits per heavy atom. The topological polar surface area (TPSA) is 40.5 Å². The molecular formula is C30H46O2. The highest BCUT2D eigenvalue weighted by Gasteiger charge is 2.52. The Bertz CT molecular complexity index is 892. The van der Waals surface area contributed by atoms with Crippen LogP contribution in [-0.2, 0) is 5.41 Å². The Labute approximate surface area is 196 Å². The molecule has 3 aliphatic carbocycles. The van der Waals surface area contributed by atoms with Crippen molar-refractivity contribution in [2.45, 2.75) is 123 Å². The van der Waals surface area contributed by atoms with Gasteiger partial charge >= 0.3 is 0 Å². The normalized spacial score (nSPS) is 34.2. The standard InChI is InChI=1S/C30H46O2/c1-19(2)23-17-24-22(15-21-9-13-30(32,14-10-21)20(3)4)16-27-28(5,6)11-8-12-29(27,7)25(24)18-26(23)31/h9,17-20,22,27,31-32H,8,10-16H2,1-7H3/t22-,27+,29-,30?/m1/s1. The first kappa shape index (κ1) is 23.9. The molecule has 0 amide bonds. The third-order valence-corrected chi connectivity index (χ3v) is 9.83. The van der Waals surface area contributed by atoms with Crippen molar-refractivity contribution in [2.24, 2.45) is 17.3 Å². The molecule has 4 rings (SSSR count). The van der Waals surface area contributed by atoms with Gasteiger partial charge in [0, 0.05) is 0 Å². The second-order valence-electron chi connectivity index (χ2n) is 12.9. The number of benzene rings is 1. The van der Waals surface area contributed by atoms with Crippen LogP contribution in [-0.4, -0.2) is 15.8 Å². The Kier molecular flexibility index (Phi) is 6.11. The predicted molar refractivity (Wildman–Crippen MR) is 134 cm³/mol. The summed E-state index contributed by atoms with van der Waals surface area (Å²) in [6, 6.07) is 4.51. The second-order valence-corrected chi connectivity index (χ2v) is 12.9. The molecule has 32 heavy (non-hydrogen) atoms. The smallest absolute Gasteiger partial charge is 0.119 e. The van der Waals surface area contributed by atoms with Crippen LogP contribution in [0, 0.1) is 17.3 Å². The third-order valence-electron chi connectivity index (χ3n) is 9.83. The summed E-state index contributed by atoms with van der Waals surface area (Å²) in [7, 11) is 0. The third kappa shape index (κ3) is 3.95. The molecule has 2 heteroatoms. The lowest BCUT2D eigenvalue weighted by molar-refractivity contribution is -0.0147. The number of hydrogen-bond donors (Lipinski definition) is 2. The average molecular weight is 439 g/mol. The molecule has 0 aliphatic heterocycles. The van der Waals surface area contributed by atoms with E-state index in [4.69, 9.17) is 0 Å². The van der Waals surface area contributed by atoms with Gasteiger partial charge in [0.25, 0.3) is 0 Å². The molecule has 0 saturated heterocycles. The van der Waals surface area contributed by atoms with E-state index in [0.29, 0.717) is 34.8 Å². The number of phenolic OH excluding ortho intramolecular Hbond substituents is 1. The molecule has 3 aliphatic rings. The van der Waals surface area contributed by atoms with Crippen LogP contribution >= 0.6 is 0 Å². The van der Waals surface area contributed by atoms with Gasteiger partial charge in [-0.25, -0.2) is 0 Å². The molecule has 1 unspecified atom stereocenters. The van der Waals surface area contributed by atoms with Gasteiger partial charge < -0.3 is 10.2 Å². The first-order chi connectivity index (χ1) is 14.9. The van der Waals surface area contributed by atoms with Crippen molar-refractivity contribution in [3.8, 4) is 5.75 Å². The summed E-state index contributed by atoms with van der Waals surface area (Å²) < 4.78 is 0. The maximum atomic E-state index is 10.9. The van der Waals surface area contributed by atoms with Gasteiger partial charge in [-0.15, -0.1) is 0 Å². The van der Waals surface area contributed by atoms with Gasteiger partial charge in [0.1, 0.15) is 5.75 Å². The number of phenols is 1. The van der Waals surface area contributed by atoms with Gasteiger partial charge in [-0.2, -0.15) is 0 Å². The minimum Gasteiger partial charge on any atom is -0.508 e. The Hall–Kier alpha value is -1.28. The van der Waals surface area contributed by atoms with Gasteiger partial charge in [-0.1, -0.05) is 72.6 Å². The molecule has 1 fully saturated rings. The highest BCUT2D eigenvalue weighted by molar-refractivity contribution is 5.50. The van der Waals surface area contributed by atoms with Gasteiger partial charge in [-0.05, 0) is 102 Å². The molecule has 0 heterocycles. The number of allylic oxidation sites excluding steroid dienone is 1. The van der Waals surface area contributed by atoms with Crippen LogP contribution in [0.4, 0.5) is 0 Å². The predicted octanol–water partition coefficient (Wildman–Crippen LogP) is 7.97. The largest absolute Gasteiger partial charge is 0.508 e. The zero-order chi connectivity index (χ0) is 23.5. The van der Waals surface area contributed by atoms with Crippen molar-refractivity contribution in [2.75, 3.05) is 0 Å². The lowest BCUT2D eigenvalue weighted by Gasteiger charge is -2.56. The highest BCUT2D eigenvalue weighted by Crippen LogP contribution is 2.61. The SMILES string of the molecule is CC(C)c1cc2c(cc1O)[C@@]1(C)CCCC(C)(C)[C@@H]1C[C@H]2CC1=CCC(O)(C(C)C)CC1. The summed E-state index contributed by atoms with van der Waals surface area (Å²) in [5.74, 6) is 2.26. The second kappa shape index (κ2) is 8.19. The van der Waals surface area contributed by atoms with Crippen LogP contribution in [0.15, 0.2) is 23.8 Å². The lowest BCUT2D eigenvalue weighted by atomic mass is 9.48. The van der Waals surface area contributed by atoms with Gasteiger partial charge in [0.15, 0.2) is 0 Å². The molecular weight excluding hydrogens is 392 g/mol. The summed E-state index contributed by atoms with van der Waals surface area (Å²) in [5, 5.41) is 21.9. The number of hydrogen-bond acceptors (Lipinski definition) is 2. The Morgan fingerprint density at radius 1 is 1.03 bits per heavy atom. The molecule has 2 nitrogen and oxygen atoms in total. The molecule has 0 bridgehead atoms. The summed E-state index contributed by atoms with van der Waals surface area (Å²) >= 11 is 0. The highest BCUT2D eigenvalue weighted by atomic mass is 16.3. The Morgan fingerprint density at radius 3 is 2.34 bits per heavy atom. The number of aromatic hydroxyl groups is 1. The van der Waals surface area contributed by atoms with Crippen molar-refractivity contribution in [1.82, 2.24) is 0 Å². The van der Waals surface area contributed by atoms with Crippen LogP contribution in [0.2, 0.25) is 0 Å². The summed E-state index contributed by atoms with van der Waals surface area (Å²) in [5.41, 5.74) is 5.49. The fourth-order valence-electron chi connectivity index (χ4n) is 7.47. The zero-order valence-corrected chi connectivity index (χ0v) is 21.6. The molecule has 1 aromatic carbocycles. The molecule has 4 atom stereocenters. The fourth-order valence-corrected chi connectivity index (χ4v) is 7.47. The van der Waals surface area contributed by atoms with Crippen LogP contribution in [0.1, 0.15) is 128 Å². The zero-order valence-electron chi connectivity index (χ0n) is 21.6. The summed E-state index contributed by atoms with van der Waals surface area (Å²) in [6.45, 7) is 16.1. The van der Waals surface area contributed by atoms with Crippen molar-refractivity contribution in [3.63, 3.8) is 0 Å². The van der Waals surface area contributed by atoms with E-state index in [1.54, 1.807) is 0 Å². The minimum atomic E-state index is -0.533. The maximum absolute atomic E-state index is 10.9. The lowest BCUT2D eigenvalue weighted by Crippen LogP contribution is -2.48. The molecule has 1 aromatic rings. The van der Waals surface area contributed by atoms with Crippen LogP contribution < -0.4 is 0 Å². The average Bonchev–Trinajstić information content (AvgIpc) is 2.70. The van der Waals surface area contributed by atoms with E-state index in [1.165, 1.54) is 42.4 Å². The van der Waals surface area contributed by atoms with E-state index in [9.17, 15) is 10.2 Å². The van der Waals surface area contributed by atoms with Gasteiger partial charge in [0.05, 0.1) is 5.60 Å². The van der Waals surface area contributed by atoms with Gasteiger partial charge in [0.2, 0.25) is 0 Å². The number of rotatable bonds is 4. The first-order valence-electron chi connectivity index (χ1n) is 13.1. The summed E-state index contributed by atoms with van der Waals surface area (Å²) in [6.07, 6.45) is 11.2. The van der Waals surface area contributed by atoms with Crippen LogP contribution in [0.25, 0.3) is 0 Å². The number of fused-ring (bicyclic) bond motifs is 3. The summed E-state index contributed by atoms with van der Waals surface area (Å²) in [4.78, 5) is 0. The molecule has 0 radical (unpaired) electrons. The molecule has 2 N–H and O–H groups in total. The van der Waals surface area contributed by atoms with E-state index in [0.717, 1.165) is 31.2 Å². The monoisotopic (exact) mass is 438 g/mol. The van der Waals surface area contributed by atoms with Crippen molar-refractivity contribution in [1.29, 1.82) is 0 Å². The van der Waals surface area contributed by atoms with Crippen LogP contribution in [0.3, 0.4) is 0 Å². The molecule has 178 valence electrons. The quantitative estimate of drug-likeness (QED) is 0.468. The van der Waals surface area contributed by atoms with Crippen molar-refractivity contribution >= 4 is 0 Å². The van der Waals surface area contributed by atoms with Gasteiger partial charge in [-0.3, -0.25) is 0 Å². The van der Waals surface area contributed by atoms with E-state index >= 15 is 0 Å². The van der Waals surface area contributed by atoms with Crippen molar-refractivity contribution < 1.29 is 10.2 Å². The Balaban J connectivity index is 1.74.